The van der Waals surface area contributed by atoms with Crippen molar-refractivity contribution in [2.45, 2.75) is 19.4 Å². The molecule has 172 valence electrons. The van der Waals surface area contributed by atoms with Gasteiger partial charge in [0.05, 0.1) is 5.56 Å². The predicted octanol–water partition coefficient (Wildman–Crippen LogP) is 4.64. The van der Waals surface area contributed by atoms with Crippen molar-refractivity contribution >= 4 is 22.6 Å². The Balaban J connectivity index is 1.24. The summed E-state index contributed by atoms with van der Waals surface area (Å²) in [6.07, 6.45) is 0.748. The summed E-state index contributed by atoms with van der Waals surface area (Å²) < 4.78 is 34.9. The molecule has 2 aliphatic rings. The van der Waals surface area contributed by atoms with Gasteiger partial charge in [-0.3, -0.25) is 0 Å². The molecular weight excluding hydrogens is 450 g/mol. The number of nitrogens with zero attached hydrogens (tertiary/aromatic N) is 4. The minimum absolute atomic E-state index is 0.0494. The summed E-state index contributed by atoms with van der Waals surface area (Å²) >= 11 is 1.21. The molecule has 0 aliphatic carbocycles. The molecule has 2 saturated heterocycles. The molecule has 1 N–H and O–H groups in total. The van der Waals surface area contributed by atoms with Gasteiger partial charge in [0.25, 0.3) is 0 Å². The highest BCUT2D eigenvalue weighted by Gasteiger charge is 2.46. The molecule has 0 saturated carbocycles. The number of likely N-dealkylation sites (tertiary alicyclic amines) is 1. The average Bonchev–Trinajstić information content (AvgIpc) is 3.28. The van der Waals surface area contributed by atoms with E-state index in [1.807, 2.05) is 30.3 Å². The molecule has 1 amide bonds. The molecule has 3 heterocycles. The molecule has 2 fully saturated rings. The van der Waals surface area contributed by atoms with Crippen LogP contribution in [0.4, 0.5) is 18.7 Å². The normalized spacial score (nSPS) is 17.2. The number of benzene rings is 2. The second-order valence-electron chi connectivity index (χ2n) is 8.53. The average molecular weight is 473 g/mol. The number of carboxylic acid groups (broad SMARTS) is 1. The van der Waals surface area contributed by atoms with Crippen LogP contribution in [0.25, 0.3) is 10.6 Å². The van der Waals surface area contributed by atoms with Gasteiger partial charge in [-0.15, -0.1) is 10.2 Å². The van der Waals surface area contributed by atoms with Gasteiger partial charge >= 0.3 is 6.09 Å². The van der Waals surface area contributed by atoms with Crippen LogP contribution in [0.2, 0.25) is 0 Å². The third-order valence-corrected chi connectivity index (χ3v) is 7.36. The van der Waals surface area contributed by atoms with E-state index in [2.05, 4.69) is 15.1 Å². The third kappa shape index (κ3) is 4.22. The Hall–Kier alpha value is -3.27. The van der Waals surface area contributed by atoms with Crippen LogP contribution in [0.5, 0.6) is 5.75 Å². The van der Waals surface area contributed by atoms with E-state index in [1.54, 1.807) is 0 Å². The van der Waals surface area contributed by atoms with E-state index in [9.17, 15) is 13.6 Å². The van der Waals surface area contributed by atoms with Crippen LogP contribution in [-0.2, 0) is 6.61 Å². The topological polar surface area (TPSA) is 78.8 Å². The number of rotatable bonds is 5. The van der Waals surface area contributed by atoms with Crippen LogP contribution >= 0.6 is 11.3 Å². The van der Waals surface area contributed by atoms with Crippen LogP contribution < -0.4 is 9.64 Å². The summed E-state index contributed by atoms with van der Waals surface area (Å²) in [5.41, 5.74) is 0.997. The maximum Gasteiger partial charge on any atom is 0.407 e. The molecule has 1 spiro atoms. The molecule has 0 radical (unpaired) electrons. The lowest BCUT2D eigenvalue weighted by Crippen LogP contribution is -2.60. The third-order valence-electron chi connectivity index (χ3n) is 6.35. The Morgan fingerprint density at radius 2 is 1.79 bits per heavy atom. The number of piperidine rings is 1. The Morgan fingerprint density at radius 3 is 2.48 bits per heavy atom. The van der Waals surface area contributed by atoms with Crippen LogP contribution in [0.1, 0.15) is 18.4 Å². The first kappa shape index (κ1) is 21.6. The van der Waals surface area contributed by atoms with E-state index < -0.39 is 17.7 Å². The van der Waals surface area contributed by atoms with E-state index in [0.717, 1.165) is 31.5 Å². The molecule has 7 nitrogen and oxygen atoms in total. The second-order valence-corrected chi connectivity index (χ2v) is 9.48. The number of amides is 1. The number of hydrogen-bond acceptors (Lipinski definition) is 6. The van der Waals surface area contributed by atoms with Gasteiger partial charge in [-0.2, -0.15) is 4.39 Å². The molecule has 33 heavy (non-hydrogen) atoms. The van der Waals surface area contributed by atoms with E-state index >= 15 is 0 Å². The van der Waals surface area contributed by atoms with Gasteiger partial charge < -0.3 is 19.6 Å². The van der Waals surface area contributed by atoms with E-state index in [4.69, 9.17) is 9.84 Å². The quantitative estimate of drug-likeness (QED) is 0.583. The minimum atomic E-state index is -1.05. The van der Waals surface area contributed by atoms with Crippen molar-refractivity contribution in [2.75, 3.05) is 31.1 Å². The fraction of sp³-hybridized carbons (Fsp3) is 0.348. The minimum Gasteiger partial charge on any atom is -0.486 e. The number of halogens is 2. The SMILES string of the molecule is O=C(O)N1CCC2(CC1)CN(c1nnc(-c3ccc(OCc4ccccc4)c(F)c3F)s1)C2. The summed E-state index contributed by atoms with van der Waals surface area (Å²) in [6.45, 7) is 2.73. The number of carbonyl (C=O) groups is 1. The first-order valence-electron chi connectivity index (χ1n) is 10.7. The van der Waals surface area contributed by atoms with Crippen molar-refractivity contribution in [3.05, 3.63) is 59.7 Å². The van der Waals surface area contributed by atoms with Crippen molar-refractivity contribution in [1.29, 1.82) is 0 Å². The van der Waals surface area contributed by atoms with E-state index in [1.165, 1.54) is 28.4 Å². The molecule has 3 aromatic rings. The predicted molar refractivity (Wildman–Crippen MR) is 120 cm³/mol. The Labute approximate surface area is 193 Å². The van der Waals surface area contributed by atoms with Gasteiger partial charge in [-0.1, -0.05) is 41.7 Å². The van der Waals surface area contributed by atoms with Crippen molar-refractivity contribution in [3.63, 3.8) is 0 Å². The summed E-state index contributed by atoms with van der Waals surface area (Å²) in [6, 6.07) is 12.1. The molecule has 1 aromatic heterocycles. The first-order valence-corrected chi connectivity index (χ1v) is 11.5. The van der Waals surface area contributed by atoms with Crippen LogP contribution in [0, 0.1) is 17.0 Å². The Morgan fingerprint density at radius 1 is 1.06 bits per heavy atom. The van der Waals surface area contributed by atoms with Gasteiger partial charge in [0.2, 0.25) is 10.9 Å². The van der Waals surface area contributed by atoms with Gasteiger partial charge in [-0.25, -0.2) is 9.18 Å². The molecule has 2 aromatic carbocycles. The van der Waals surface area contributed by atoms with Crippen LogP contribution in [0.15, 0.2) is 42.5 Å². The molecule has 0 unspecified atom stereocenters. The van der Waals surface area contributed by atoms with Crippen molar-refractivity contribution < 1.29 is 23.4 Å². The highest BCUT2D eigenvalue weighted by atomic mass is 32.1. The second kappa shape index (κ2) is 8.58. The Kier molecular flexibility index (Phi) is 5.61. The van der Waals surface area contributed by atoms with Gasteiger partial charge in [0, 0.05) is 31.6 Å². The number of aromatic nitrogens is 2. The fourth-order valence-electron chi connectivity index (χ4n) is 4.38. The Bertz CT molecular complexity index is 1160. The van der Waals surface area contributed by atoms with Gasteiger partial charge in [0.15, 0.2) is 16.6 Å². The monoisotopic (exact) mass is 472 g/mol. The standard InChI is InChI=1S/C23H22F2N4O3S/c24-18-16(6-7-17(19(18)25)32-12-15-4-2-1-3-5-15)20-26-27-21(33-20)29-13-23(14-29)8-10-28(11-9-23)22(30)31/h1-7H,8-14H2,(H,30,31). The molecular formula is C23H22F2N4O3S. The zero-order valence-corrected chi connectivity index (χ0v) is 18.5. The fourth-order valence-corrected chi connectivity index (χ4v) is 5.25. The molecule has 0 atom stereocenters. The maximum atomic E-state index is 14.8. The number of anilines is 1. The molecule has 2 aliphatic heterocycles. The number of hydrogen-bond donors (Lipinski definition) is 1. The maximum absolute atomic E-state index is 14.8. The van der Waals surface area contributed by atoms with Crippen LogP contribution in [-0.4, -0.2) is 52.5 Å². The van der Waals surface area contributed by atoms with Crippen molar-refractivity contribution in [1.82, 2.24) is 15.1 Å². The number of ether oxygens (including phenoxy) is 1. The van der Waals surface area contributed by atoms with Crippen LogP contribution in [0.3, 0.4) is 0 Å². The van der Waals surface area contributed by atoms with Crippen molar-refractivity contribution in [3.8, 4) is 16.3 Å². The zero-order chi connectivity index (χ0) is 23.0. The lowest BCUT2D eigenvalue weighted by Gasteiger charge is -2.53. The van der Waals surface area contributed by atoms with Gasteiger partial charge in [0.1, 0.15) is 6.61 Å². The summed E-state index contributed by atoms with van der Waals surface area (Å²) in [7, 11) is 0. The smallest absolute Gasteiger partial charge is 0.407 e. The molecule has 0 bridgehead atoms. The van der Waals surface area contributed by atoms with E-state index in [0.29, 0.717) is 23.2 Å². The zero-order valence-electron chi connectivity index (χ0n) is 17.7. The first-order chi connectivity index (χ1) is 15.9. The summed E-state index contributed by atoms with van der Waals surface area (Å²) in [5.74, 6) is -2.21. The molecule has 5 rings (SSSR count). The largest absolute Gasteiger partial charge is 0.486 e. The van der Waals surface area contributed by atoms with E-state index in [-0.39, 0.29) is 23.3 Å². The van der Waals surface area contributed by atoms with Gasteiger partial charge in [-0.05, 0) is 30.5 Å². The lowest BCUT2D eigenvalue weighted by molar-refractivity contribution is 0.0710. The highest BCUT2D eigenvalue weighted by molar-refractivity contribution is 7.18. The molecule has 10 heteroatoms. The lowest BCUT2D eigenvalue weighted by atomic mass is 9.72. The summed E-state index contributed by atoms with van der Waals surface area (Å²) in [5, 5.41) is 18.3. The summed E-state index contributed by atoms with van der Waals surface area (Å²) in [4.78, 5) is 14.6. The highest BCUT2D eigenvalue weighted by Crippen LogP contribution is 2.44. The van der Waals surface area contributed by atoms with Crippen molar-refractivity contribution in [2.24, 2.45) is 5.41 Å².